The van der Waals surface area contributed by atoms with E-state index in [0.29, 0.717) is 31.2 Å². The number of carbonyl (C=O) groups is 2. The van der Waals surface area contributed by atoms with Gasteiger partial charge < -0.3 is 14.5 Å². The normalized spacial score (nSPS) is 21.4. The summed E-state index contributed by atoms with van der Waals surface area (Å²) < 4.78 is 5.74. The Morgan fingerprint density at radius 1 is 0.886 bits per heavy atom. The maximum absolute atomic E-state index is 14.5. The van der Waals surface area contributed by atoms with Gasteiger partial charge in [0.15, 0.2) is 0 Å². The number of ether oxygens (including phenoxy) is 1. The van der Waals surface area contributed by atoms with Crippen LogP contribution in [0.2, 0.25) is 0 Å². The van der Waals surface area contributed by atoms with Gasteiger partial charge in [-0.05, 0) is 92.7 Å². The van der Waals surface area contributed by atoms with E-state index in [9.17, 15) is 9.59 Å². The molecule has 0 N–H and O–H groups in total. The molecule has 44 heavy (non-hydrogen) atoms. The highest BCUT2D eigenvalue weighted by Crippen LogP contribution is 2.33. The predicted molar refractivity (Wildman–Crippen MR) is 173 cm³/mol. The van der Waals surface area contributed by atoms with Crippen molar-refractivity contribution in [3.63, 3.8) is 0 Å². The summed E-state index contributed by atoms with van der Waals surface area (Å²) in [4.78, 5) is 40.7. The van der Waals surface area contributed by atoms with Crippen molar-refractivity contribution in [2.75, 3.05) is 38.2 Å². The zero-order valence-electron chi connectivity index (χ0n) is 26.2. The van der Waals surface area contributed by atoms with Crippen molar-refractivity contribution < 1.29 is 14.3 Å². The largest absolute Gasteiger partial charge is 0.496 e. The van der Waals surface area contributed by atoms with Crippen LogP contribution in [0.4, 0.5) is 5.69 Å². The van der Waals surface area contributed by atoms with Gasteiger partial charge in [-0.1, -0.05) is 24.6 Å². The molecule has 2 aromatic carbocycles. The molecule has 2 amide bonds. The topological polar surface area (TPSA) is 69.2 Å². The van der Waals surface area contributed by atoms with Crippen molar-refractivity contribution in [3.05, 3.63) is 89.2 Å². The first-order chi connectivity index (χ1) is 21.5. The number of methoxy groups -OCH3 is 1. The fourth-order valence-electron chi connectivity index (χ4n) is 7.37. The molecular weight excluding hydrogens is 550 g/mol. The number of fused-ring (bicyclic) bond motifs is 3. The second-order valence-corrected chi connectivity index (χ2v) is 12.5. The Morgan fingerprint density at radius 3 is 2.43 bits per heavy atom. The third-order valence-electron chi connectivity index (χ3n) is 9.68. The predicted octanol–water partition coefficient (Wildman–Crippen LogP) is 5.51. The molecular formula is C36H45N5O3. The number of piperidine rings is 1. The maximum atomic E-state index is 14.5. The molecule has 232 valence electrons. The van der Waals surface area contributed by atoms with E-state index < -0.39 is 0 Å². The number of aromatic nitrogens is 1. The quantitative estimate of drug-likeness (QED) is 0.375. The molecule has 3 aliphatic rings. The Hall–Kier alpha value is -3.75. The summed E-state index contributed by atoms with van der Waals surface area (Å²) in [5.41, 5.74) is 4.85. The average molecular weight is 596 g/mol. The van der Waals surface area contributed by atoms with Gasteiger partial charge in [0.1, 0.15) is 5.75 Å². The summed E-state index contributed by atoms with van der Waals surface area (Å²) in [6.45, 7) is 7.11. The molecule has 3 aliphatic heterocycles. The van der Waals surface area contributed by atoms with Crippen molar-refractivity contribution in [2.24, 2.45) is 0 Å². The Labute approximate surface area is 261 Å². The molecule has 0 spiro atoms. The van der Waals surface area contributed by atoms with Crippen LogP contribution in [0.1, 0.15) is 72.5 Å². The molecule has 8 nitrogen and oxygen atoms in total. The second kappa shape index (κ2) is 13.9. The Bertz CT molecular complexity index is 1440. The Kier molecular flexibility index (Phi) is 9.57. The first-order valence-corrected chi connectivity index (χ1v) is 16.2. The Balaban J connectivity index is 1.35. The van der Waals surface area contributed by atoms with Crippen LogP contribution in [0.5, 0.6) is 5.75 Å². The molecule has 6 rings (SSSR count). The number of hydrogen-bond acceptors (Lipinski definition) is 6. The van der Waals surface area contributed by atoms with E-state index in [1.54, 1.807) is 14.0 Å². The van der Waals surface area contributed by atoms with Gasteiger partial charge in [0, 0.05) is 80.9 Å². The molecule has 2 atom stereocenters. The third kappa shape index (κ3) is 6.81. The van der Waals surface area contributed by atoms with Gasteiger partial charge in [-0.2, -0.15) is 0 Å². The summed E-state index contributed by atoms with van der Waals surface area (Å²) in [5, 5.41) is 0. The number of hydrogen-bond donors (Lipinski definition) is 0. The summed E-state index contributed by atoms with van der Waals surface area (Å²) in [6.07, 6.45) is 10.4. The summed E-state index contributed by atoms with van der Waals surface area (Å²) in [7, 11) is 1.70. The van der Waals surface area contributed by atoms with Crippen molar-refractivity contribution in [3.8, 4) is 5.75 Å². The molecule has 0 saturated carbocycles. The fraction of sp³-hybridized carbons (Fsp3) is 0.472. The molecule has 1 aromatic heterocycles. The highest BCUT2D eigenvalue weighted by Gasteiger charge is 2.37. The molecule has 2 saturated heterocycles. The minimum Gasteiger partial charge on any atom is -0.496 e. The van der Waals surface area contributed by atoms with Crippen LogP contribution in [0.15, 0.2) is 67.0 Å². The first-order valence-electron chi connectivity index (χ1n) is 16.2. The van der Waals surface area contributed by atoms with Crippen molar-refractivity contribution in [1.82, 2.24) is 19.7 Å². The average Bonchev–Trinajstić information content (AvgIpc) is 3.40. The number of anilines is 1. The highest BCUT2D eigenvalue weighted by molar-refractivity contribution is 5.95. The van der Waals surface area contributed by atoms with Crippen LogP contribution in [0.3, 0.4) is 0 Å². The summed E-state index contributed by atoms with van der Waals surface area (Å²) in [5.74, 6) is 0.875. The lowest BCUT2D eigenvalue weighted by atomic mass is 10.0. The lowest BCUT2D eigenvalue weighted by molar-refractivity contribution is -0.116. The van der Waals surface area contributed by atoms with E-state index in [4.69, 9.17) is 4.74 Å². The van der Waals surface area contributed by atoms with Gasteiger partial charge in [0.05, 0.1) is 7.11 Å². The summed E-state index contributed by atoms with van der Waals surface area (Å²) >= 11 is 0. The lowest BCUT2D eigenvalue weighted by Crippen LogP contribution is -2.45. The number of amides is 2. The number of pyridine rings is 1. The van der Waals surface area contributed by atoms with Gasteiger partial charge in [-0.15, -0.1) is 0 Å². The van der Waals surface area contributed by atoms with Gasteiger partial charge in [0.25, 0.3) is 5.91 Å². The van der Waals surface area contributed by atoms with Crippen molar-refractivity contribution in [1.29, 1.82) is 0 Å². The van der Waals surface area contributed by atoms with Gasteiger partial charge in [0.2, 0.25) is 5.91 Å². The minimum absolute atomic E-state index is 0.0169. The molecule has 0 radical (unpaired) electrons. The number of carbonyl (C=O) groups excluding carboxylic acids is 2. The standard InChI is InChI=1S/C36H45N5O3/c1-27(42)40-21-16-32-11-12-33(41(32)23-28-14-17-37-18-15-28)26-39(25-30-8-4-5-9-34(30)40)36(43)29-10-13-35(44-2)31(22-29)24-38-19-6-3-7-20-38/h4-5,8-10,13-15,17-18,22,32-33H,3,6-7,11-12,16,19-21,23-26H2,1-2H3/t32-,33+/m1/s1. The number of rotatable bonds is 6. The third-order valence-corrected chi connectivity index (χ3v) is 9.68. The smallest absolute Gasteiger partial charge is 0.254 e. The Morgan fingerprint density at radius 2 is 1.66 bits per heavy atom. The molecule has 4 heterocycles. The van der Waals surface area contributed by atoms with Gasteiger partial charge in [-0.3, -0.25) is 24.4 Å². The van der Waals surface area contributed by atoms with E-state index in [2.05, 4.69) is 33.0 Å². The van der Waals surface area contributed by atoms with Gasteiger partial charge >= 0.3 is 0 Å². The number of benzene rings is 2. The summed E-state index contributed by atoms with van der Waals surface area (Å²) in [6, 6.07) is 18.7. The molecule has 2 fully saturated rings. The highest BCUT2D eigenvalue weighted by atomic mass is 16.5. The van der Waals surface area contributed by atoms with Crippen molar-refractivity contribution in [2.45, 2.75) is 77.2 Å². The zero-order chi connectivity index (χ0) is 30.5. The van der Waals surface area contributed by atoms with E-state index in [-0.39, 0.29) is 17.9 Å². The van der Waals surface area contributed by atoms with Crippen LogP contribution >= 0.6 is 0 Å². The minimum atomic E-state index is 0.0169. The van der Waals surface area contributed by atoms with E-state index in [1.165, 1.54) is 24.8 Å². The van der Waals surface area contributed by atoms with Crippen LogP contribution in [0.25, 0.3) is 0 Å². The van der Waals surface area contributed by atoms with Gasteiger partial charge in [-0.25, -0.2) is 0 Å². The first kappa shape index (κ1) is 30.3. The van der Waals surface area contributed by atoms with Crippen LogP contribution in [-0.4, -0.2) is 76.9 Å². The lowest BCUT2D eigenvalue weighted by Gasteiger charge is -2.34. The van der Waals surface area contributed by atoms with E-state index in [0.717, 1.165) is 68.0 Å². The molecule has 0 aliphatic carbocycles. The molecule has 3 aromatic rings. The second-order valence-electron chi connectivity index (χ2n) is 12.5. The molecule has 2 bridgehead atoms. The SMILES string of the molecule is COc1ccc(C(=O)N2Cc3ccccc3N(C(C)=O)CC[C@H]3CC[C@@H](C2)N3Cc2ccncc2)cc1CN1CCCCC1. The van der Waals surface area contributed by atoms with Crippen molar-refractivity contribution >= 4 is 17.5 Å². The van der Waals surface area contributed by atoms with Crippen LogP contribution in [0, 0.1) is 0 Å². The van der Waals surface area contributed by atoms with E-state index >= 15 is 0 Å². The van der Waals surface area contributed by atoms with Crippen LogP contribution < -0.4 is 9.64 Å². The molecule has 8 heteroatoms. The number of nitrogens with zero attached hydrogens (tertiary/aromatic N) is 5. The zero-order valence-corrected chi connectivity index (χ0v) is 26.2. The number of para-hydroxylation sites is 1. The van der Waals surface area contributed by atoms with E-state index in [1.807, 2.05) is 58.6 Å². The maximum Gasteiger partial charge on any atom is 0.254 e. The number of likely N-dealkylation sites (tertiary alicyclic amines) is 1. The fourth-order valence-corrected chi connectivity index (χ4v) is 7.37. The monoisotopic (exact) mass is 595 g/mol. The van der Waals surface area contributed by atoms with Crippen LogP contribution in [-0.2, 0) is 24.4 Å². The molecule has 0 unspecified atom stereocenters.